The third-order valence-electron chi connectivity index (χ3n) is 6.44. The summed E-state index contributed by atoms with van der Waals surface area (Å²) in [5.74, 6) is -0.493. The van der Waals surface area contributed by atoms with E-state index in [0.29, 0.717) is 10.8 Å². The number of benzene rings is 4. The molecule has 0 saturated heterocycles. The molecular formula is C31H30ClN3O6S. The van der Waals surface area contributed by atoms with Crippen molar-refractivity contribution >= 4 is 44.8 Å². The first kappa shape index (κ1) is 30.4. The van der Waals surface area contributed by atoms with Gasteiger partial charge in [0.15, 0.2) is 11.5 Å². The van der Waals surface area contributed by atoms with Crippen molar-refractivity contribution < 1.29 is 27.5 Å². The maximum atomic E-state index is 13.9. The Hall–Kier alpha value is -4.54. The van der Waals surface area contributed by atoms with Crippen LogP contribution in [0.1, 0.15) is 28.9 Å². The second-order valence-corrected chi connectivity index (χ2v) is 11.5. The number of rotatable bonds is 11. The van der Waals surface area contributed by atoms with Crippen molar-refractivity contribution in [1.82, 2.24) is 5.32 Å². The fraction of sp³-hybridized carbons (Fsp3) is 0.161. The van der Waals surface area contributed by atoms with Gasteiger partial charge in [0.05, 0.1) is 42.1 Å². The molecule has 0 aliphatic carbocycles. The molecule has 0 fully saturated rings. The number of carbonyl (C=O) groups is 2. The molecule has 42 heavy (non-hydrogen) atoms. The maximum absolute atomic E-state index is 13.9. The zero-order valence-corrected chi connectivity index (χ0v) is 24.8. The van der Waals surface area contributed by atoms with E-state index in [-0.39, 0.29) is 33.6 Å². The first-order valence-corrected chi connectivity index (χ1v) is 14.7. The van der Waals surface area contributed by atoms with Gasteiger partial charge in [0, 0.05) is 11.1 Å². The predicted octanol–water partition coefficient (Wildman–Crippen LogP) is 5.68. The van der Waals surface area contributed by atoms with Crippen LogP contribution in [0.4, 0.5) is 11.4 Å². The number of amides is 2. The van der Waals surface area contributed by atoms with Gasteiger partial charge in [0.2, 0.25) is 5.91 Å². The van der Waals surface area contributed by atoms with Crippen molar-refractivity contribution in [3.8, 4) is 11.5 Å². The first-order valence-electron chi connectivity index (χ1n) is 12.9. The second-order valence-electron chi connectivity index (χ2n) is 9.20. The number of hydrogen-bond acceptors (Lipinski definition) is 6. The van der Waals surface area contributed by atoms with E-state index in [9.17, 15) is 18.0 Å². The van der Waals surface area contributed by atoms with Crippen LogP contribution in [-0.4, -0.2) is 41.0 Å². The van der Waals surface area contributed by atoms with Crippen LogP contribution >= 0.6 is 11.6 Å². The summed E-state index contributed by atoms with van der Waals surface area (Å²) in [7, 11) is -1.43. The molecule has 4 rings (SSSR count). The number of halogens is 1. The highest BCUT2D eigenvalue weighted by Gasteiger charge is 2.29. The molecule has 2 N–H and O–H groups in total. The van der Waals surface area contributed by atoms with E-state index in [1.54, 1.807) is 24.3 Å². The number of anilines is 2. The van der Waals surface area contributed by atoms with Crippen LogP contribution in [0, 0.1) is 0 Å². The lowest BCUT2D eigenvalue weighted by Gasteiger charge is -2.25. The number of nitrogens with one attached hydrogen (secondary N) is 2. The SMILES string of the molecule is COc1ccc(S(=O)(=O)N(CC(=O)Nc2ccccc2C(=O)NC(C)c2ccccc2)c2ccc(Cl)cc2)cc1OC. The van der Waals surface area contributed by atoms with Gasteiger partial charge < -0.3 is 20.1 Å². The van der Waals surface area contributed by atoms with Gasteiger partial charge in [0.25, 0.3) is 15.9 Å². The van der Waals surface area contributed by atoms with Gasteiger partial charge in [-0.15, -0.1) is 0 Å². The molecule has 1 atom stereocenters. The quantitative estimate of drug-likeness (QED) is 0.227. The molecular weight excluding hydrogens is 578 g/mol. The molecule has 0 spiro atoms. The number of hydrogen-bond donors (Lipinski definition) is 2. The van der Waals surface area contributed by atoms with Crippen LogP contribution < -0.4 is 24.4 Å². The summed E-state index contributed by atoms with van der Waals surface area (Å²) in [4.78, 5) is 26.4. The van der Waals surface area contributed by atoms with E-state index in [1.165, 1.54) is 56.7 Å². The van der Waals surface area contributed by atoms with Gasteiger partial charge >= 0.3 is 0 Å². The minimum absolute atomic E-state index is 0.113. The molecule has 0 radical (unpaired) electrons. The van der Waals surface area contributed by atoms with E-state index in [4.69, 9.17) is 21.1 Å². The lowest BCUT2D eigenvalue weighted by molar-refractivity contribution is -0.114. The molecule has 0 heterocycles. The van der Waals surface area contributed by atoms with E-state index in [2.05, 4.69) is 10.6 Å². The molecule has 0 saturated carbocycles. The van der Waals surface area contributed by atoms with Crippen LogP contribution in [-0.2, 0) is 14.8 Å². The molecule has 0 aliphatic rings. The van der Waals surface area contributed by atoms with Crippen LogP contribution in [0.25, 0.3) is 0 Å². The van der Waals surface area contributed by atoms with Crippen molar-refractivity contribution in [2.24, 2.45) is 0 Å². The van der Waals surface area contributed by atoms with E-state index in [0.717, 1.165) is 9.87 Å². The molecule has 0 aromatic heterocycles. The Balaban J connectivity index is 1.61. The topological polar surface area (TPSA) is 114 Å². The van der Waals surface area contributed by atoms with E-state index < -0.39 is 28.4 Å². The number of carbonyl (C=O) groups excluding carboxylic acids is 2. The zero-order valence-electron chi connectivity index (χ0n) is 23.2. The van der Waals surface area contributed by atoms with Gasteiger partial charge in [-0.2, -0.15) is 0 Å². The lowest BCUT2D eigenvalue weighted by atomic mass is 10.1. The highest BCUT2D eigenvalue weighted by molar-refractivity contribution is 7.92. The molecule has 2 amide bonds. The van der Waals surface area contributed by atoms with Gasteiger partial charge in [-0.25, -0.2) is 8.42 Å². The summed E-state index contributed by atoms with van der Waals surface area (Å²) in [6.07, 6.45) is 0. The molecule has 11 heteroatoms. The Morgan fingerprint density at radius 3 is 2.17 bits per heavy atom. The average molecular weight is 608 g/mol. The monoisotopic (exact) mass is 607 g/mol. The van der Waals surface area contributed by atoms with Gasteiger partial charge in [-0.05, 0) is 61.0 Å². The van der Waals surface area contributed by atoms with Gasteiger partial charge in [-0.3, -0.25) is 13.9 Å². The fourth-order valence-corrected chi connectivity index (χ4v) is 5.80. The number of nitrogens with zero attached hydrogens (tertiary/aromatic N) is 1. The highest BCUT2D eigenvalue weighted by atomic mass is 35.5. The normalized spacial score (nSPS) is 11.7. The Morgan fingerprint density at radius 2 is 1.50 bits per heavy atom. The second kappa shape index (κ2) is 13.4. The predicted molar refractivity (Wildman–Crippen MR) is 163 cm³/mol. The smallest absolute Gasteiger partial charge is 0.264 e. The summed E-state index contributed by atoms with van der Waals surface area (Å²) < 4.78 is 39.2. The minimum atomic E-state index is -4.27. The van der Waals surface area contributed by atoms with Crippen molar-refractivity contribution in [3.63, 3.8) is 0 Å². The van der Waals surface area contributed by atoms with Crippen molar-refractivity contribution in [2.45, 2.75) is 17.9 Å². The lowest BCUT2D eigenvalue weighted by Crippen LogP contribution is -2.38. The zero-order chi connectivity index (χ0) is 30.3. The van der Waals surface area contributed by atoms with Crippen molar-refractivity contribution in [1.29, 1.82) is 0 Å². The summed E-state index contributed by atoms with van der Waals surface area (Å²) in [5.41, 5.74) is 1.60. The Kier molecular flexibility index (Phi) is 9.72. The standard InChI is InChI=1S/C31H30ClN3O6S/c1-21(22-9-5-4-6-10-22)33-31(37)26-11-7-8-12-27(26)34-30(36)20-35(24-15-13-23(32)14-16-24)42(38,39)25-17-18-28(40-2)29(19-25)41-3/h4-19,21H,20H2,1-3H3,(H,33,37)(H,34,36). The Labute approximate surface area is 250 Å². The number of ether oxygens (including phenoxy) is 2. The van der Waals surface area contributed by atoms with Crippen molar-refractivity contribution in [3.05, 3.63) is 113 Å². The van der Waals surface area contributed by atoms with Crippen LogP contribution in [0.2, 0.25) is 5.02 Å². The molecule has 0 aliphatic heterocycles. The van der Waals surface area contributed by atoms with Crippen LogP contribution in [0.5, 0.6) is 11.5 Å². The van der Waals surface area contributed by atoms with E-state index in [1.807, 2.05) is 37.3 Å². The number of para-hydroxylation sites is 1. The molecule has 9 nitrogen and oxygen atoms in total. The Morgan fingerprint density at radius 1 is 0.857 bits per heavy atom. The fourth-order valence-electron chi connectivity index (χ4n) is 4.24. The molecule has 0 bridgehead atoms. The third-order valence-corrected chi connectivity index (χ3v) is 8.46. The van der Waals surface area contributed by atoms with Crippen molar-refractivity contribution in [2.75, 3.05) is 30.4 Å². The Bertz CT molecular complexity index is 1660. The van der Waals surface area contributed by atoms with Gasteiger partial charge in [0.1, 0.15) is 6.54 Å². The summed E-state index contributed by atoms with van der Waals surface area (Å²) in [6, 6.07) is 25.9. The maximum Gasteiger partial charge on any atom is 0.264 e. The van der Waals surface area contributed by atoms with Crippen LogP contribution in [0.15, 0.2) is 102 Å². The molecule has 218 valence electrons. The first-order chi connectivity index (χ1) is 20.1. The largest absolute Gasteiger partial charge is 0.493 e. The summed E-state index contributed by atoms with van der Waals surface area (Å²) >= 11 is 6.04. The molecule has 1 unspecified atom stereocenters. The summed E-state index contributed by atoms with van der Waals surface area (Å²) in [6.45, 7) is 1.27. The van der Waals surface area contributed by atoms with Gasteiger partial charge in [-0.1, -0.05) is 54.1 Å². The highest BCUT2D eigenvalue weighted by Crippen LogP contribution is 2.32. The number of methoxy groups -OCH3 is 2. The van der Waals surface area contributed by atoms with Crippen LogP contribution in [0.3, 0.4) is 0 Å². The molecule has 4 aromatic carbocycles. The van der Waals surface area contributed by atoms with E-state index >= 15 is 0 Å². The molecule has 4 aromatic rings. The minimum Gasteiger partial charge on any atom is -0.493 e. The number of sulfonamides is 1. The average Bonchev–Trinajstić information content (AvgIpc) is 3.00. The third kappa shape index (κ3) is 7.02. The summed E-state index contributed by atoms with van der Waals surface area (Å²) in [5, 5.41) is 6.04.